The van der Waals surface area contributed by atoms with Crippen LogP contribution in [0.5, 0.6) is 0 Å². The maximum atomic E-state index is 13.9. The Morgan fingerprint density at radius 1 is 1.00 bits per heavy atom. The standard InChI is InChI=1S/C25H21ClN2O2S2/c1-2-31-25-28(20-11-7-4-8-12-20)24(30)21(27-23(29)18-9-5-3-6-10-18)22(32-25)17-13-15-19(26)16-14-17/h3-16,21-22H,2H2,1H3/p+1/t21-,22+/m0/s1. The number of benzene rings is 3. The summed E-state index contributed by atoms with van der Waals surface area (Å²) in [6, 6.07) is 25.2. The number of hydrogen-bond donors (Lipinski definition) is 1. The molecule has 1 N–H and O–H groups in total. The molecule has 4 rings (SSSR count). The second-order valence-corrected chi connectivity index (χ2v) is 10.2. The largest absolute Gasteiger partial charge is 0.418 e. The van der Waals surface area contributed by atoms with Crippen LogP contribution in [0.4, 0.5) is 5.69 Å². The van der Waals surface area contributed by atoms with Gasteiger partial charge in [-0.3, -0.25) is 4.79 Å². The summed E-state index contributed by atoms with van der Waals surface area (Å²) >= 11 is 9.32. The number of rotatable bonds is 5. The number of carbonyl (C=O) groups is 2. The highest BCUT2D eigenvalue weighted by Crippen LogP contribution is 2.42. The first-order valence-corrected chi connectivity index (χ1v) is 12.5. The lowest BCUT2D eigenvalue weighted by atomic mass is 10.0. The van der Waals surface area contributed by atoms with Crippen molar-refractivity contribution in [1.82, 2.24) is 5.32 Å². The van der Waals surface area contributed by atoms with Crippen molar-refractivity contribution in [2.24, 2.45) is 0 Å². The number of para-hydroxylation sites is 1. The summed E-state index contributed by atoms with van der Waals surface area (Å²) in [7, 11) is 0. The van der Waals surface area contributed by atoms with Gasteiger partial charge in [-0.1, -0.05) is 67.1 Å². The number of halogens is 1. The van der Waals surface area contributed by atoms with E-state index in [0.717, 1.165) is 21.4 Å². The third-order valence-corrected chi connectivity index (χ3v) is 7.80. The molecule has 0 unspecified atom stereocenters. The van der Waals surface area contributed by atoms with Crippen LogP contribution >= 0.6 is 35.1 Å². The first-order chi connectivity index (χ1) is 15.6. The van der Waals surface area contributed by atoms with Crippen molar-refractivity contribution < 1.29 is 14.2 Å². The quantitative estimate of drug-likeness (QED) is 0.460. The van der Waals surface area contributed by atoms with Gasteiger partial charge >= 0.3 is 5.91 Å². The minimum absolute atomic E-state index is 0.157. The van der Waals surface area contributed by atoms with E-state index in [1.165, 1.54) is 0 Å². The molecule has 1 aliphatic heterocycles. The van der Waals surface area contributed by atoms with Gasteiger partial charge in [-0.15, -0.1) is 4.58 Å². The molecule has 32 heavy (non-hydrogen) atoms. The maximum absolute atomic E-state index is 13.9. The van der Waals surface area contributed by atoms with E-state index >= 15 is 0 Å². The molecule has 0 spiro atoms. The van der Waals surface area contributed by atoms with Gasteiger partial charge in [0.1, 0.15) is 0 Å². The fraction of sp³-hybridized carbons (Fsp3) is 0.160. The fourth-order valence-corrected chi connectivity index (χ4v) is 6.25. The van der Waals surface area contributed by atoms with Gasteiger partial charge in [0.15, 0.2) is 6.04 Å². The van der Waals surface area contributed by atoms with E-state index in [1.54, 1.807) is 40.2 Å². The molecule has 0 aliphatic carbocycles. The average molecular weight is 482 g/mol. The zero-order chi connectivity index (χ0) is 22.5. The van der Waals surface area contributed by atoms with Gasteiger partial charge < -0.3 is 5.32 Å². The molecule has 0 bridgehead atoms. The van der Waals surface area contributed by atoms with E-state index < -0.39 is 6.04 Å². The van der Waals surface area contributed by atoms with Crippen molar-refractivity contribution in [1.29, 1.82) is 0 Å². The number of nitrogens with zero attached hydrogens (tertiary/aromatic N) is 1. The highest BCUT2D eigenvalue weighted by atomic mass is 35.5. The highest BCUT2D eigenvalue weighted by Gasteiger charge is 2.47. The lowest BCUT2D eigenvalue weighted by Crippen LogP contribution is -2.50. The summed E-state index contributed by atoms with van der Waals surface area (Å²) < 4.78 is 2.62. The van der Waals surface area contributed by atoms with E-state index in [4.69, 9.17) is 11.6 Å². The Morgan fingerprint density at radius 3 is 2.25 bits per heavy atom. The smallest absolute Gasteiger partial charge is 0.335 e. The van der Waals surface area contributed by atoms with Crippen LogP contribution in [0.2, 0.25) is 5.02 Å². The zero-order valence-electron chi connectivity index (χ0n) is 17.4. The first-order valence-electron chi connectivity index (χ1n) is 10.2. The summed E-state index contributed by atoms with van der Waals surface area (Å²) in [6.45, 7) is 2.06. The number of carbonyl (C=O) groups excluding carboxylic acids is 2. The van der Waals surface area contributed by atoms with Crippen LogP contribution in [-0.2, 0) is 4.79 Å². The van der Waals surface area contributed by atoms with Gasteiger partial charge in [-0.05, 0) is 53.4 Å². The van der Waals surface area contributed by atoms with Gasteiger partial charge in [0.25, 0.3) is 10.3 Å². The third kappa shape index (κ3) is 4.93. The van der Waals surface area contributed by atoms with Crippen molar-refractivity contribution in [3.05, 3.63) is 101 Å². The zero-order valence-corrected chi connectivity index (χ0v) is 19.8. The van der Waals surface area contributed by atoms with Gasteiger partial charge in [0, 0.05) is 28.5 Å². The number of thioether (sulfide) groups is 2. The maximum Gasteiger partial charge on any atom is 0.418 e. The predicted octanol–water partition coefficient (Wildman–Crippen LogP) is 5.91. The molecule has 0 aromatic heterocycles. The Kier molecular flexibility index (Phi) is 7.35. The predicted molar refractivity (Wildman–Crippen MR) is 134 cm³/mol. The van der Waals surface area contributed by atoms with E-state index in [2.05, 4.69) is 12.2 Å². The summed E-state index contributed by atoms with van der Waals surface area (Å²) in [4.78, 5) is 26.9. The van der Waals surface area contributed by atoms with Crippen LogP contribution in [-0.4, -0.2) is 32.6 Å². The monoisotopic (exact) mass is 481 g/mol. The molecule has 0 saturated carbocycles. The van der Waals surface area contributed by atoms with E-state index in [1.807, 2.05) is 72.8 Å². The normalized spacial score (nSPS) is 18.5. The van der Waals surface area contributed by atoms with Crippen LogP contribution in [0.25, 0.3) is 0 Å². The summed E-state index contributed by atoms with van der Waals surface area (Å²) in [6.07, 6.45) is 0. The molecule has 3 aromatic carbocycles. The van der Waals surface area contributed by atoms with Crippen LogP contribution in [0, 0.1) is 0 Å². The molecule has 2 atom stereocenters. The molecule has 1 aliphatic rings. The van der Waals surface area contributed by atoms with E-state index in [9.17, 15) is 9.59 Å². The van der Waals surface area contributed by atoms with Crippen LogP contribution < -0.4 is 5.32 Å². The summed E-state index contributed by atoms with van der Waals surface area (Å²) in [5.74, 6) is 0.395. The Bertz CT molecular complexity index is 1140. The molecule has 3 aromatic rings. The van der Waals surface area contributed by atoms with Crippen molar-refractivity contribution in [3.8, 4) is 0 Å². The lowest BCUT2D eigenvalue weighted by Gasteiger charge is -2.28. The molecule has 0 saturated heterocycles. The van der Waals surface area contributed by atoms with Crippen LogP contribution in [0.1, 0.15) is 28.1 Å². The average Bonchev–Trinajstić information content (AvgIpc) is 2.82. The van der Waals surface area contributed by atoms with E-state index in [0.29, 0.717) is 10.6 Å². The number of hydrogen-bond acceptors (Lipinski definition) is 4. The van der Waals surface area contributed by atoms with Gasteiger partial charge in [-0.25, -0.2) is 4.79 Å². The van der Waals surface area contributed by atoms with Gasteiger partial charge in [0.2, 0.25) is 5.69 Å². The highest BCUT2D eigenvalue weighted by molar-refractivity contribution is 8.38. The minimum atomic E-state index is -0.740. The Balaban J connectivity index is 1.78. The van der Waals surface area contributed by atoms with Gasteiger partial charge in [-0.2, -0.15) is 0 Å². The van der Waals surface area contributed by atoms with E-state index in [-0.39, 0.29) is 17.1 Å². The first kappa shape index (κ1) is 22.6. The summed E-state index contributed by atoms with van der Waals surface area (Å²) in [5.41, 5.74) is 2.24. The van der Waals surface area contributed by atoms with Crippen LogP contribution in [0.3, 0.4) is 0 Å². The Labute approximate surface area is 201 Å². The summed E-state index contributed by atoms with van der Waals surface area (Å²) in [5, 5.41) is 3.36. The molecular formula is C25H22ClN2O2S2+. The topological polar surface area (TPSA) is 49.2 Å². The van der Waals surface area contributed by atoms with Gasteiger partial charge in [0.05, 0.1) is 5.25 Å². The van der Waals surface area contributed by atoms with Crippen molar-refractivity contribution in [3.63, 3.8) is 0 Å². The molecule has 4 nitrogen and oxygen atoms in total. The molecule has 1 heterocycles. The second-order valence-electron chi connectivity index (χ2n) is 7.12. The molecular weight excluding hydrogens is 460 g/mol. The minimum Gasteiger partial charge on any atom is -0.335 e. The van der Waals surface area contributed by atoms with Crippen LogP contribution in [0.15, 0.2) is 84.9 Å². The van der Waals surface area contributed by atoms with Crippen molar-refractivity contribution in [2.45, 2.75) is 18.2 Å². The third-order valence-electron chi connectivity index (χ3n) is 5.00. The fourth-order valence-electron chi connectivity index (χ4n) is 3.48. The Hall–Kier alpha value is -2.54. The van der Waals surface area contributed by atoms with Crippen molar-refractivity contribution in [2.75, 3.05) is 5.75 Å². The number of amides is 2. The van der Waals surface area contributed by atoms with Crippen molar-refractivity contribution >= 4 is 57.0 Å². The lowest BCUT2D eigenvalue weighted by molar-refractivity contribution is -0.365. The molecule has 2 amide bonds. The SMILES string of the molecule is CCSC1=[N+](c2ccccc2)C(=O)[C@@H](NC(=O)c2ccccc2)[C@@H](c2ccc(Cl)cc2)S1. The number of nitrogens with one attached hydrogen (secondary N) is 1. The molecule has 162 valence electrons. The molecule has 0 radical (unpaired) electrons. The molecule has 7 heteroatoms. The molecule has 0 fully saturated rings. The second kappa shape index (κ2) is 10.4. The Morgan fingerprint density at radius 2 is 1.62 bits per heavy atom.